The number of carbonyl (C=O) groups excluding carboxylic acids is 2. The molecule has 0 fully saturated rings. The largest absolute Gasteiger partial charge is 1.00 e. The lowest BCUT2D eigenvalue weighted by Crippen LogP contribution is -3.00. The zero-order chi connectivity index (χ0) is 33.2. The van der Waals surface area contributed by atoms with Crippen LogP contribution in [0.25, 0.3) is 0 Å². The lowest BCUT2D eigenvalue weighted by Gasteiger charge is -2.34. The number of nitrogens with one attached hydrogen (secondary N) is 2. The van der Waals surface area contributed by atoms with Crippen molar-refractivity contribution >= 4 is 23.6 Å². The molecule has 0 aliphatic rings. The number of ether oxygens (including phenoxy) is 2. The standard InChI is InChI=1S/C37H68N4O4.2HI/c1-7-11-15-19-27-40(5,26-18-14-10-4)30-32-44-36(42)38-34-22-24-35(25-23-34)39-37(43)45-33-31-41(6,28-20-16-12-8-2)29-21-17-13-9-3;;/h22-25H,7-21,26-33H2,1-6H3;2*1H. The second-order valence-corrected chi connectivity index (χ2v) is 13.6. The molecule has 0 heterocycles. The quantitative estimate of drug-likeness (QED) is 0.0806. The molecular weight excluding hydrogens is 818 g/mol. The number of hydrogen-bond donors (Lipinski definition) is 2. The van der Waals surface area contributed by atoms with E-state index in [4.69, 9.17) is 9.47 Å². The van der Waals surface area contributed by atoms with E-state index >= 15 is 0 Å². The molecule has 0 bridgehead atoms. The molecule has 10 heteroatoms. The normalized spacial score (nSPS) is 12.3. The Hall–Kier alpha value is -0.860. The first-order chi connectivity index (χ1) is 21.7. The Labute approximate surface area is 323 Å². The van der Waals surface area contributed by atoms with Gasteiger partial charge in [-0.3, -0.25) is 10.6 Å². The second-order valence-electron chi connectivity index (χ2n) is 13.6. The number of quaternary nitrogens is 2. The Morgan fingerprint density at radius 1 is 0.489 bits per heavy atom. The summed E-state index contributed by atoms with van der Waals surface area (Å²) in [6, 6.07) is 7.04. The third-order valence-electron chi connectivity index (χ3n) is 9.06. The van der Waals surface area contributed by atoms with Gasteiger partial charge >= 0.3 is 12.2 Å². The van der Waals surface area contributed by atoms with Crippen LogP contribution in [0.4, 0.5) is 21.0 Å². The van der Waals surface area contributed by atoms with Crippen LogP contribution in [0.3, 0.4) is 0 Å². The highest BCUT2D eigenvalue weighted by molar-refractivity contribution is 5.87. The zero-order valence-corrected chi connectivity index (χ0v) is 35.2. The van der Waals surface area contributed by atoms with Gasteiger partial charge in [0.2, 0.25) is 0 Å². The summed E-state index contributed by atoms with van der Waals surface area (Å²) in [5, 5.41) is 5.62. The summed E-state index contributed by atoms with van der Waals surface area (Å²) < 4.78 is 13.0. The minimum absolute atomic E-state index is 0. The van der Waals surface area contributed by atoms with Gasteiger partial charge in [-0.05, 0) is 75.6 Å². The van der Waals surface area contributed by atoms with Gasteiger partial charge in [0.15, 0.2) is 0 Å². The Morgan fingerprint density at radius 2 is 0.766 bits per heavy atom. The van der Waals surface area contributed by atoms with E-state index in [0.717, 1.165) is 48.2 Å². The summed E-state index contributed by atoms with van der Waals surface area (Å²) in [7, 11) is 4.59. The van der Waals surface area contributed by atoms with Crippen molar-refractivity contribution < 1.29 is 76.0 Å². The van der Waals surface area contributed by atoms with Crippen LogP contribution in [0.5, 0.6) is 0 Å². The highest BCUT2D eigenvalue weighted by atomic mass is 127. The van der Waals surface area contributed by atoms with E-state index in [0.29, 0.717) is 24.6 Å². The number of rotatable bonds is 27. The Bertz CT molecular complexity index is 895. The molecule has 0 aliphatic heterocycles. The monoisotopic (exact) mass is 888 g/mol. The average Bonchev–Trinajstić information content (AvgIpc) is 3.01. The van der Waals surface area contributed by atoms with Gasteiger partial charge in [-0.1, -0.05) is 72.6 Å². The molecule has 0 saturated heterocycles. The van der Waals surface area contributed by atoms with Crippen LogP contribution in [0.1, 0.15) is 124 Å². The molecule has 47 heavy (non-hydrogen) atoms. The van der Waals surface area contributed by atoms with Crippen LogP contribution >= 0.6 is 0 Å². The van der Waals surface area contributed by atoms with Gasteiger partial charge in [0, 0.05) is 11.4 Å². The molecule has 8 nitrogen and oxygen atoms in total. The van der Waals surface area contributed by atoms with Crippen molar-refractivity contribution in [2.24, 2.45) is 0 Å². The van der Waals surface area contributed by atoms with Crippen LogP contribution in [-0.4, -0.2) is 87.7 Å². The van der Waals surface area contributed by atoms with Crippen LogP contribution in [-0.2, 0) is 9.47 Å². The lowest BCUT2D eigenvalue weighted by molar-refractivity contribution is -0.910. The van der Waals surface area contributed by atoms with Crippen molar-refractivity contribution in [3.63, 3.8) is 0 Å². The maximum absolute atomic E-state index is 12.5. The van der Waals surface area contributed by atoms with E-state index in [1.54, 1.807) is 24.3 Å². The van der Waals surface area contributed by atoms with E-state index in [1.165, 1.54) is 96.3 Å². The van der Waals surface area contributed by atoms with Gasteiger partial charge in [-0.15, -0.1) is 0 Å². The Morgan fingerprint density at radius 3 is 1.06 bits per heavy atom. The molecule has 1 atom stereocenters. The van der Waals surface area contributed by atoms with E-state index in [2.05, 4.69) is 52.4 Å². The summed E-state index contributed by atoms with van der Waals surface area (Å²) in [4.78, 5) is 25.0. The van der Waals surface area contributed by atoms with Crippen molar-refractivity contribution in [1.82, 2.24) is 0 Å². The third kappa shape index (κ3) is 24.9. The van der Waals surface area contributed by atoms with Crippen LogP contribution < -0.4 is 58.6 Å². The molecule has 1 unspecified atom stereocenters. The molecule has 1 rings (SSSR count). The van der Waals surface area contributed by atoms with Gasteiger partial charge < -0.3 is 66.4 Å². The number of anilines is 2. The number of benzene rings is 1. The Kier molecular flexibility index (Phi) is 30.8. The molecule has 1 aromatic carbocycles. The fraction of sp³-hybridized carbons (Fsp3) is 0.784. The topological polar surface area (TPSA) is 76.7 Å². The van der Waals surface area contributed by atoms with Crippen molar-refractivity contribution in [2.75, 3.05) is 77.2 Å². The van der Waals surface area contributed by atoms with Gasteiger partial charge in [0.1, 0.15) is 26.3 Å². The molecule has 0 aliphatic carbocycles. The number of hydrogen-bond acceptors (Lipinski definition) is 4. The van der Waals surface area contributed by atoms with E-state index in [-0.39, 0.29) is 48.0 Å². The first kappa shape index (κ1) is 48.3. The van der Waals surface area contributed by atoms with E-state index < -0.39 is 12.2 Å². The lowest BCUT2D eigenvalue weighted by atomic mass is 10.1. The molecule has 276 valence electrons. The predicted octanol–water partition coefficient (Wildman–Crippen LogP) is 3.62. The summed E-state index contributed by atoms with van der Waals surface area (Å²) in [6.07, 6.45) is 17.7. The zero-order valence-electron chi connectivity index (χ0n) is 30.9. The highest BCUT2D eigenvalue weighted by Crippen LogP contribution is 2.16. The van der Waals surface area contributed by atoms with Gasteiger partial charge in [0.05, 0.1) is 40.3 Å². The van der Waals surface area contributed by atoms with Crippen LogP contribution in [0.2, 0.25) is 0 Å². The third-order valence-corrected chi connectivity index (χ3v) is 9.06. The SMILES string of the molecule is CCCCCC[N+](C)(CCCCC)CCOC(=O)Nc1ccc(NC(=O)OCC[N+](C)(CCCCCC)CCCCCC)cc1.[I-].[I-]. The number of unbranched alkanes of at least 4 members (excludes halogenated alkanes) is 11. The van der Waals surface area contributed by atoms with Gasteiger partial charge in [0.25, 0.3) is 0 Å². The fourth-order valence-corrected chi connectivity index (χ4v) is 5.84. The van der Waals surface area contributed by atoms with Crippen LogP contribution in [0.15, 0.2) is 24.3 Å². The number of amides is 2. The molecule has 0 spiro atoms. The van der Waals surface area contributed by atoms with E-state index in [1.807, 2.05) is 0 Å². The van der Waals surface area contributed by atoms with Crippen molar-refractivity contribution in [1.29, 1.82) is 0 Å². The number of halogens is 2. The summed E-state index contributed by atoms with van der Waals surface area (Å²) in [5.74, 6) is 0. The fourth-order valence-electron chi connectivity index (χ4n) is 5.84. The van der Waals surface area contributed by atoms with Crippen LogP contribution in [0, 0.1) is 0 Å². The Balaban J connectivity index is 0. The first-order valence-electron chi connectivity index (χ1n) is 18.3. The van der Waals surface area contributed by atoms with Gasteiger partial charge in [-0.25, -0.2) is 9.59 Å². The molecule has 1 aromatic rings. The van der Waals surface area contributed by atoms with Crippen molar-refractivity contribution in [3.8, 4) is 0 Å². The minimum atomic E-state index is -0.452. The molecular formula is C37H70I2N4O4. The highest BCUT2D eigenvalue weighted by Gasteiger charge is 2.22. The van der Waals surface area contributed by atoms with Crippen molar-refractivity contribution in [3.05, 3.63) is 24.3 Å². The predicted molar refractivity (Wildman–Crippen MR) is 190 cm³/mol. The van der Waals surface area contributed by atoms with E-state index in [9.17, 15) is 9.59 Å². The average molecular weight is 889 g/mol. The second kappa shape index (κ2) is 30.0. The molecule has 0 radical (unpaired) electrons. The summed E-state index contributed by atoms with van der Waals surface area (Å²) in [5.41, 5.74) is 1.25. The first-order valence-corrected chi connectivity index (χ1v) is 18.3. The molecule has 0 aromatic heterocycles. The minimum Gasteiger partial charge on any atom is -1.00 e. The van der Waals surface area contributed by atoms with Crippen molar-refractivity contribution in [2.45, 2.75) is 124 Å². The van der Waals surface area contributed by atoms with Gasteiger partial charge in [-0.2, -0.15) is 0 Å². The molecule has 2 N–H and O–H groups in total. The number of nitrogens with zero attached hydrogens (tertiary/aromatic N) is 2. The smallest absolute Gasteiger partial charge is 0.411 e. The molecule has 2 amide bonds. The number of carbonyl (C=O) groups is 2. The maximum atomic E-state index is 12.5. The summed E-state index contributed by atoms with van der Waals surface area (Å²) >= 11 is 0. The molecule has 0 saturated carbocycles. The summed E-state index contributed by atoms with van der Waals surface area (Å²) in [6.45, 7) is 15.9. The number of likely N-dealkylation sites (N-methyl/N-ethyl adjacent to an activating group) is 2. The maximum Gasteiger partial charge on any atom is 0.411 e.